The summed E-state index contributed by atoms with van der Waals surface area (Å²) in [6.45, 7) is -0.0397. The number of nitrogens with one attached hydrogen (secondary N) is 1. The van der Waals surface area contributed by atoms with Gasteiger partial charge in [0.2, 0.25) is 0 Å². The zero-order valence-electron chi connectivity index (χ0n) is 13.0. The molecule has 1 heterocycles. The molecule has 8 heteroatoms. The van der Waals surface area contributed by atoms with Gasteiger partial charge in [-0.3, -0.25) is 0 Å². The Labute approximate surface area is 138 Å². The van der Waals surface area contributed by atoms with Crippen molar-refractivity contribution in [3.05, 3.63) is 35.9 Å². The number of nitrogens with zero attached hydrogens (tertiary/aromatic N) is 2. The molecular weight excluding hydrogens is 314 g/mol. The second kappa shape index (κ2) is 6.38. The number of hydrogen-bond donors (Lipinski definition) is 3. The number of carboxylic acids is 1. The molecule has 3 N–H and O–H groups in total. The maximum absolute atomic E-state index is 12.4. The number of amides is 3. The minimum absolute atomic E-state index is 0.00755. The van der Waals surface area contributed by atoms with Crippen LogP contribution >= 0.6 is 0 Å². The molecule has 1 saturated carbocycles. The summed E-state index contributed by atoms with van der Waals surface area (Å²) in [5.74, 6) is -0.953. The van der Waals surface area contributed by atoms with Crippen molar-refractivity contribution in [1.29, 1.82) is 0 Å². The number of carboxylic acid groups (broad SMARTS) is 2. The van der Waals surface area contributed by atoms with Gasteiger partial charge in [-0.15, -0.1) is 0 Å². The van der Waals surface area contributed by atoms with Crippen molar-refractivity contribution in [2.45, 2.75) is 24.4 Å². The molecule has 1 aliphatic carbocycles. The van der Waals surface area contributed by atoms with Crippen LogP contribution in [0.3, 0.4) is 0 Å². The molecule has 2 aliphatic rings. The first kappa shape index (κ1) is 16.1. The van der Waals surface area contributed by atoms with E-state index >= 15 is 0 Å². The normalized spacial score (nSPS) is 25.9. The van der Waals surface area contributed by atoms with Crippen LogP contribution in [0.15, 0.2) is 30.3 Å². The first-order valence-electron chi connectivity index (χ1n) is 7.80. The molecule has 128 valence electrons. The Balaban J connectivity index is 1.60. The van der Waals surface area contributed by atoms with Gasteiger partial charge in [0.25, 0.3) is 0 Å². The van der Waals surface area contributed by atoms with Crippen LogP contribution in [0.4, 0.5) is 9.59 Å². The Hall–Kier alpha value is -2.77. The van der Waals surface area contributed by atoms with Gasteiger partial charge in [-0.1, -0.05) is 30.3 Å². The molecule has 1 aromatic rings. The Kier molecular flexibility index (Phi) is 4.28. The smallest absolute Gasteiger partial charge is 0.407 e. The van der Waals surface area contributed by atoms with Crippen molar-refractivity contribution in [2.75, 3.05) is 19.6 Å². The predicted octanol–water partition coefficient (Wildman–Crippen LogP) is 1.00. The molecule has 0 aromatic heterocycles. The van der Waals surface area contributed by atoms with Gasteiger partial charge in [-0.05, 0) is 12.0 Å². The molecule has 3 rings (SSSR count). The molecule has 3 atom stereocenters. The second-order valence-electron chi connectivity index (χ2n) is 6.08. The van der Waals surface area contributed by atoms with Crippen LogP contribution in [0, 0.1) is 0 Å². The van der Waals surface area contributed by atoms with E-state index in [9.17, 15) is 19.5 Å². The molecule has 1 saturated heterocycles. The number of aliphatic carboxylic acids is 1. The standard InChI is InChI=1S/C16H19N3O5/c20-14(21)13-9-18(16(23)24)6-7-19(13)15(22)17-12-8-11(12)10-4-2-1-3-5-10/h1-5,11-13H,6-9H2,(H,17,22)(H,20,21)(H,23,24)/t11-,12+,13+/m1/s1. The highest BCUT2D eigenvalue weighted by Gasteiger charge is 2.43. The van der Waals surface area contributed by atoms with Crippen LogP contribution in [0.25, 0.3) is 0 Å². The van der Waals surface area contributed by atoms with Crippen LogP contribution < -0.4 is 5.32 Å². The Morgan fingerprint density at radius 2 is 1.79 bits per heavy atom. The molecule has 0 spiro atoms. The molecule has 0 bridgehead atoms. The topological polar surface area (TPSA) is 110 Å². The SMILES string of the molecule is O=C(O)[C@@H]1CN(C(=O)O)CCN1C(=O)N[C@H]1C[C@@H]1c1ccccc1. The molecule has 2 fully saturated rings. The lowest BCUT2D eigenvalue weighted by molar-refractivity contribution is -0.143. The fourth-order valence-electron chi connectivity index (χ4n) is 3.08. The summed E-state index contributed by atoms with van der Waals surface area (Å²) >= 11 is 0. The van der Waals surface area contributed by atoms with Crippen molar-refractivity contribution in [1.82, 2.24) is 15.1 Å². The minimum atomic E-state index is -1.20. The van der Waals surface area contributed by atoms with E-state index in [0.29, 0.717) is 0 Å². The summed E-state index contributed by atoms with van der Waals surface area (Å²) in [6, 6.07) is 8.20. The number of hydrogen-bond acceptors (Lipinski definition) is 3. The predicted molar refractivity (Wildman–Crippen MR) is 83.8 cm³/mol. The lowest BCUT2D eigenvalue weighted by Crippen LogP contribution is -2.61. The molecule has 0 radical (unpaired) electrons. The maximum atomic E-state index is 12.4. The minimum Gasteiger partial charge on any atom is -0.480 e. The summed E-state index contributed by atoms with van der Waals surface area (Å²) in [5, 5.41) is 21.1. The van der Waals surface area contributed by atoms with Crippen molar-refractivity contribution >= 4 is 18.1 Å². The summed E-state index contributed by atoms with van der Waals surface area (Å²) in [5.41, 5.74) is 1.15. The molecule has 3 amide bonds. The van der Waals surface area contributed by atoms with E-state index < -0.39 is 24.1 Å². The van der Waals surface area contributed by atoms with Crippen molar-refractivity contribution < 1.29 is 24.6 Å². The zero-order valence-corrected chi connectivity index (χ0v) is 13.0. The average Bonchev–Trinajstić information content (AvgIpc) is 3.34. The lowest BCUT2D eigenvalue weighted by atomic mass is 10.1. The molecule has 24 heavy (non-hydrogen) atoms. The molecular formula is C16H19N3O5. The van der Waals surface area contributed by atoms with Crippen molar-refractivity contribution in [3.8, 4) is 0 Å². The maximum Gasteiger partial charge on any atom is 0.407 e. The quantitative estimate of drug-likeness (QED) is 0.764. The van der Waals surface area contributed by atoms with Gasteiger partial charge >= 0.3 is 18.1 Å². The summed E-state index contributed by atoms with van der Waals surface area (Å²) in [6.07, 6.45) is -0.351. The van der Waals surface area contributed by atoms with Crippen LogP contribution in [0.2, 0.25) is 0 Å². The number of rotatable bonds is 3. The third-order valence-electron chi connectivity index (χ3n) is 4.52. The van der Waals surface area contributed by atoms with E-state index in [4.69, 9.17) is 5.11 Å². The highest BCUT2D eigenvalue weighted by atomic mass is 16.4. The lowest BCUT2D eigenvalue weighted by Gasteiger charge is -2.37. The first-order chi connectivity index (χ1) is 11.5. The van der Waals surface area contributed by atoms with Gasteiger partial charge in [0.05, 0.1) is 6.54 Å². The van der Waals surface area contributed by atoms with Crippen LogP contribution in [-0.4, -0.2) is 69.8 Å². The molecule has 1 aliphatic heterocycles. The highest BCUT2D eigenvalue weighted by Crippen LogP contribution is 2.40. The van der Waals surface area contributed by atoms with Gasteiger partial charge in [0, 0.05) is 25.0 Å². The molecule has 0 unspecified atom stereocenters. The Morgan fingerprint density at radius 1 is 1.08 bits per heavy atom. The van der Waals surface area contributed by atoms with Gasteiger partial charge in [0.15, 0.2) is 0 Å². The fraction of sp³-hybridized carbons (Fsp3) is 0.438. The third kappa shape index (κ3) is 3.27. The van der Waals surface area contributed by atoms with Gasteiger partial charge in [0.1, 0.15) is 6.04 Å². The van der Waals surface area contributed by atoms with E-state index in [-0.39, 0.29) is 31.6 Å². The van der Waals surface area contributed by atoms with E-state index in [1.807, 2.05) is 30.3 Å². The summed E-state index contributed by atoms with van der Waals surface area (Å²) < 4.78 is 0. The molecule has 1 aromatic carbocycles. The van der Waals surface area contributed by atoms with Crippen molar-refractivity contribution in [3.63, 3.8) is 0 Å². The number of urea groups is 1. The van der Waals surface area contributed by atoms with E-state index in [2.05, 4.69) is 5.32 Å². The monoisotopic (exact) mass is 333 g/mol. The number of carbonyl (C=O) groups excluding carboxylic acids is 1. The van der Waals surface area contributed by atoms with Crippen LogP contribution in [-0.2, 0) is 4.79 Å². The third-order valence-corrected chi connectivity index (χ3v) is 4.52. The van der Waals surface area contributed by atoms with Gasteiger partial charge in [-0.2, -0.15) is 0 Å². The number of benzene rings is 1. The van der Waals surface area contributed by atoms with Crippen LogP contribution in [0.5, 0.6) is 0 Å². The average molecular weight is 333 g/mol. The Bertz CT molecular complexity index is 650. The van der Waals surface area contributed by atoms with E-state index in [1.165, 1.54) is 4.90 Å². The van der Waals surface area contributed by atoms with Gasteiger partial charge < -0.3 is 25.3 Å². The van der Waals surface area contributed by atoms with Gasteiger partial charge in [-0.25, -0.2) is 14.4 Å². The van der Waals surface area contributed by atoms with E-state index in [1.54, 1.807) is 0 Å². The second-order valence-corrected chi connectivity index (χ2v) is 6.08. The number of piperazine rings is 1. The zero-order chi connectivity index (χ0) is 17.3. The fourth-order valence-corrected chi connectivity index (χ4v) is 3.08. The Morgan fingerprint density at radius 3 is 2.42 bits per heavy atom. The first-order valence-corrected chi connectivity index (χ1v) is 7.80. The van der Waals surface area contributed by atoms with E-state index in [0.717, 1.165) is 16.9 Å². The van der Waals surface area contributed by atoms with Crippen molar-refractivity contribution in [2.24, 2.45) is 0 Å². The number of carbonyl (C=O) groups is 3. The van der Waals surface area contributed by atoms with Crippen LogP contribution in [0.1, 0.15) is 17.9 Å². The largest absolute Gasteiger partial charge is 0.480 e. The summed E-state index contributed by atoms with van der Waals surface area (Å²) in [4.78, 5) is 37.0. The highest BCUT2D eigenvalue weighted by molar-refractivity contribution is 5.84. The summed E-state index contributed by atoms with van der Waals surface area (Å²) in [7, 11) is 0. The molecule has 8 nitrogen and oxygen atoms in total.